The Morgan fingerprint density at radius 2 is 0.609 bits per heavy atom. The zero-order valence-corrected chi connectivity index (χ0v) is 41.0. The Balaban J connectivity index is 4.53. The molecule has 0 heterocycles. The second-order valence-electron chi connectivity index (χ2n) is 16.3. The van der Waals surface area contributed by atoms with Gasteiger partial charge in [-0.3, -0.25) is 14.4 Å². The highest BCUT2D eigenvalue weighted by molar-refractivity contribution is 5.71. The summed E-state index contributed by atoms with van der Waals surface area (Å²) >= 11 is 0. The molecule has 0 N–H and O–H groups in total. The maximum Gasteiger partial charge on any atom is 0.306 e. The molecule has 0 aromatic carbocycles. The summed E-state index contributed by atoms with van der Waals surface area (Å²) in [6, 6.07) is 0. The number of esters is 3. The number of unbranched alkanes of at least 4 members (excludes halogenated alkanes) is 13. The second kappa shape index (κ2) is 51.4. The lowest BCUT2D eigenvalue weighted by Crippen LogP contribution is -2.30. The third-order valence-electron chi connectivity index (χ3n) is 10.2. The lowest BCUT2D eigenvalue weighted by molar-refractivity contribution is -0.167. The number of hydrogen-bond donors (Lipinski definition) is 0. The largest absolute Gasteiger partial charge is 0.462 e. The van der Waals surface area contributed by atoms with E-state index in [-0.39, 0.29) is 37.5 Å². The van der Waals surface area contributed by atoms with E-state index in [1.165, 1.54) is 32.1 Å². The van der Waals surface area contributed by atoms with E-state index in [0.29, 0.717) is 19.3 Å². The van der Waals surface area contributed by atoms with Crippen LogP contribution in [0.2, 0.25) is 0 Å². The van der Waals surface area contributed by atoms with E-state index in [1.54, 1.807) is 0 Å². The summed E-state index contributed by atoms with van der Waals surface area (Å²) in [6.45, 7) is 6.29. The van der Waals surface area contributed by atoms with Crippen molar-refractivity contribution in [2.45, 2.75) is 213 Å². The summed E-state index contributed by atoms with van der Waals surface area (Å²) in [7, 11) is 0. The van der Waals surface area contributed by atoms with Gasteiger partial charge >= 0.3 is 17.9 Å². The van der Waals surface area contributed by atoms with E-state index in [0.717, 1.165) is 128 Å². The van der Waals surface area contributed by atoms with Gasteiger partial charge in [-0.05, 0) is 128 Å². The third-order valence-corrected chi connectivity index (χ3v) is 10.2. The van der Waals surface area contributed by atoms with Gasteiger partial charge in [-0.1, -0.05) is 181 Å². The maximum absolute atomic E-state index is 12.8. The molecule has 0 aromatic heterocycles. The molecule has 6 nitrogen and oxygen atoms in total. The smallest absolute Gasteiger partial charge is 0.306 e. The molecule has 6 heteroatoms. The second-order valence-corrected chi connectivity index (χ2v) is 16.3. The average Bonchev–Trinajstić information content (AvgIpc) is 3.29. The minimum Gasteiger partial charge on any atom is -0.462 e. The van der Waals surface area contributed by atoms with Crippen LogP contribution >= 0.6 is 0 Å². The van der Waals surface area contributed by atoms with Crippen LogP contribution in [0.1, 0.15) is 207 Å². The van der Waals surface area contributed by atoms with E-state index in [9.17, 15) is 14.4 Å². The minimum absolute atomic E-state index is 0.113. The highest BCUT2D eigenvalue weighted by Crippen LogP contribution is 2.12. The fourth-order valence-corrected chi connectivity index (χ4v) is 6.39. The molecule has 360 valence electrons. The quantitative estimate of drug-likeness (QED) is 0.0262. The zero-order valence-electron chi connectivity index (χ0n) is 41.0. The molecule has 64 heavy (non-hydrogen) atoms. The van der Waals surface area contributed by atoms with Crippen molar-refractivity contribution in [2.24, 2.45) is 0 Å². The molecule has 0 amide bonds. The molecule has 1 atom stereocenters. The molecule has 0 aromatic rings. The number of hydrogen-bond acceptors (Lipinski definition) is 6. The Morgan fingerprint density at radius 1 is 0.328 bits per heavy atom. The summed E-state index contributed by atoms with van der Waals surface area (Å²) in [5.41, 5.74) is 0. The summed E-state index contributed by atoms with van der Waals surface area (Å²) in [6.07, 6.45) is 70.4. The van der Waals surface area contributed by atoms with Gasteiger partial charge in [0.15, 0.2) is 6.10 Å². The monoisotopic (exact) mass is 885 g/mol. The molecule has 0 unspecified atom stereocenters. The van der Waals surface area contributed by atoms with Crippen LogP contribution in [-0.4, -0.2) is 37.2 Å². The first-order valence-electron chi connectivity index (χ1n) is 25.5. The van der Waals surface area contributed by atoms with E-state index >= 15 is 0 Å². The van der Waals surface area contributed by atoms with E-state index in [2.05, 4.69) is 142 Å². The Hall–Kier alpha value is -4.19. The predicted molar refractivity (Wildman–Crippen MR) is 274 cm³/mol. The van der Waals surface area contributed by atoms with E-state index in [1.807, 2.05) is 0 Å². The first-order chi connectivity index (χ1) is 31.5. The van der Waals surface area contributed by atoms with Gasteiger partial charge < -0.3 is 14.2 Å². The number of ether oxygens (including phenoxy) is 3. The average molecular weight is 885 g/mol. The van der Waals surface area contributed by atoms with Crippen molar-refractivity contribution in [1.29, 1.82) is 0 Å². The molecular weight excluding hydrogens is 793 g/mol. The van der Waals surface area contributed by atoms with Crippen molar-refractivity contribution < 1.29 is 28.6 Å². The van der Waals surface area contributed by atoms with Crippen molar-refractivity contribution in [2.75, 3.05) is 13.2 Å². The molecule has 0 saturated heterocycles. The first-order valence-corrected chi connectivity index (χ1v) is 25.5. The van der Waals surface area contributed by atoms with Gasteiger partial charge in [-0.25, -0.2) is 0 Å². The highest BCUT2D eigenvalue weighted by atomic mass is 16.6. The molecule has 0 saturated carbocycles. The summed E-state index contributed by atoms with van der Waals surface area (Å²) < 4.78 is 16.7. The fourth-order valence-electron chi connectivity index (χ4n) is 6.39. The molecular formula is C58H92O6. The van der Waals surface area contributed by atoms with Crippen LogP contribution in [-0.2, 0) is 28.6 Å². The van der Waals surface area contributed by atoms with Crippen molar-refractivity contribution in [3.63, 3.8) is 0 Å². The summed E-state index contributed by atoms with van der Waals surface area (Å²) in [4.78, 5) is 37.9. The van der Waals surface area contributed by atoms with Crippen LogP contribution in [0.25, 0.3) is 0 Å². The van der Waals surface area contributed by atoms with Crippen molar-refractivity contribution in [3.05, 3.63) is 122 Å². The Kier molecular flexibility index (Phi) is 48.1. The Labute approximate surface area is 392 Å². The summed E-state index contributed by atoms with van der Waals surface area (Å²) in [5.74, 6) is -1.01. The SMILES string of the molecule is CC/C=C\C/C=C\C/C=C\C/C=C\C/C=C\CCCCCC(=O)OC[C@@H](COC(=O)CCCCCCC/C=C\CCCCC)OC(=O)CCCC/C=C\C/C=C\C/C=C\C/C=C\CC. The van der Waals surface area contributed by atoms with Gasteiger partial charge in [0, 0.05) is 19.3 Å². The van der Waals surface area contributed by atoms with Crippen LogP contribution in [0.3, 0.4) is 0 Å². The van der Waals surface area contributed by atoms with Crippen molar-refractivity contribution in [1.82, 2.24) is 0 Å². The molecule has 0 radical (unpaired) electrons. The first kappa shape index (κ1) is 59.8. The lowest BCUT2D eigenvalue weighted by atomic mass is 10.1. The van der Waals surface area contributed by atoms with E-state index in [4.69, 9.17) is 14.2 Å². The topological polar surface area (TPSA) is 78.9 Å². The third kappa shape index (κ3) is 48.8. The van der Waals surface area contributed by atoms with Crippen LogP contribution in [0, 0.1) is 0 Å². The van der Waals surface area contributed by atoms with Crippen molar-refractivity contribution >= 4 is 17.9 Å². The molecule has 0 aliphatic rings. The highest BCUT2D eigenvalue weighted by Gasteiger charge is 2.19. The number of allylic oxidation sites excluding steroid dienone is 20. The van der Waals surface area contributed by atoms with Gasteiger partial charge in [0.05, 0.1) is 0 Å². The van der Waals surface area contributed by atoms with Crippen LogP contribution in [0.5, 0.6) is 0 Å². The zero-order chi connectivity index (χ0) is 46.5. The van der Waals surface area contributed by atoms with Gasteiger partial charge in [-0.2, -0.15) is 0 Å². The maximum atomic E-state index is 12.8. The van der Waals surface area contributed by atoms with Crippen molar-refractivity contribution in [3.8, 4) is 0 Å². The van der Waals surface area contributed by atoms with Crippen LogP contribution in [0.4, 0.5) is 0 Å². The van der Waals surface area contributed by atoms with Crippen LogP contribution in [0.15, 0.2) is 122 Å². The number of rotatable bonds is 44. The molecule has 0 spiro atoms. The Morgan fingerprint density at radius 3 is 1.02 bits per heavy atom. The van der Waals surface area contributed by atoms with E-state index < -0.39 is 6.10 Å². The molecule has 0 bridgehead atoms. The molecule has 0 fully saturated rings. The lowest BCUT2D eigenvalue weighted by Gasteiger charge is -2.18. The van der Waals surface area contributed by atoms with Gasteiger partial charge in [0.1, 0.15) is 13.2 Å². The van der Waals surface area contributed by atoms with Gasteiger partial charge in [-0.15, -0.1) is 0 Å². The number of carbonyl (C=O) groups excluding carboxylic acids is 3. The number of carbonyl (C=O) groups is 3. The van der Waals surface area contributed by atoms with Gasteiger partial charge in [0.25, 0.3) is 0 Å². The normalized spacial score (nSPS) is 13.1. The standard InChI is InChI=1S/C58H92O6/c1-4-7-10-13-16-19-22-25-27-28-29-30-32-33-36-39-42-45-48-51-57(60)63-54-55(53-62-56(59)50-47-44-41-38-35-24-21-18-15-12-9-6-3)64-58(61)52-49-46-43-40-37-34-31-26-23-20-17-14-11-8-5-2/h7-8,10-11,16-21,25-27,29-31,33,36-37,40,55H,4-6,9,12-15,22-24,28,32,34-35,38-39,41-54H2,1-3H3/b10-7-,11-8-,19-16-,20-17-,21-18-,27-25-,30-29-,31-26-,36-33-,40-37-/t55-/m1/s1. The minimum atomic E-state index is -0.819. The summed E-state index contributed by atoms with van der Waals surface area (Å²) in [5, 5.41) is 0. The Bertz CT molecular complexity index is 1390. The molecule has 0 aliphatic heterocycles. The van der Waals surface area contributed by atoms with Gasteiger partial charge in [0.2, 0.25) is 0 Å². The molecule has 0 rings (SSSR count). The molecule has 0 aliphatic carbocycles. The van der Waals surface area contributed by atoms with Crippen LogP contribution < -0.4 is 0 Å². The predicted octanol–water partition coefficient (Wildman–Crippen LogP) is 16.9. The fraction of sp³-hybridized carbons (Fsp3) is 0.603.